The molecular formula is C18H34O3Si. The summed E-state index contributed by atoms with van der Waals surface area (Å²) in [6, 6.07) is 0. The van der Waals surface area contributed by atoms with Gasteiger partial charge in [0.05, 0.1) is 18.5 Å². The molecule has 1 heterocycles. The van der Waals surface area contributed by atoms with Gasteiger partial charge < -0.3 is 13.9 Å². The van der Waals surface area contributed by atoms with Gasteiger partial charge in [-0.15, -0.1) is 0 Å². The van der Waals surface area contributed by atoms with Crippen molar-refractivity contribution in [2.75, 3.05) is 6.61 Å². The second kappa shape index (κ2) is 7.50. The lowest BCUT2D eigenvalue weighted by atomic mass is 9.89. The van der Waals surface area contributed by atoms with Crippen LogP contribution in [-0.2, 0) is 13.9 Å². The van der Waals surface area contributed by atoms with Gasteiger partial charge in [-0.1, -0.05) is 13.8 Å². The van der Waals surface area contributed by atoms with Gasteiger partial charge in [-0.3, -0.25) is 0 Å². The lowest BCUT2D eigenvalue weighted by molar-refractivity contribution is -0.172. The smallest absolute Gasteiger partial charge is 0.241 e. The van der Waals surface area contributed by atoms with E-state index in [0.29, 0.717) is 5.92 Å². The normalized spacial score (nSPS) is 28.5. The zero-order chi connectivity index (χ0) is 16.2. The van der Waals surface area contributed by atoms with E-state index in [1.165, 1.54) is 25.0 Å². The second-order valence-corrected chi connectivity index (χ2v) is 12.1. The summed E-state index contributed by atoms with van der Waals surface area (Å²) in [7, 11) is -1.51. The number of rotatable bonds is 7. The van der Waals surface area contributed by atoms with Crippen molar-refractivity contribution < 1.29 is 13.9 Å². The fraction of sp³-hybridized carbons (Fsp3) is 0.889. The van der Waals surface area contributed by atoms with Crippen LogP contribution in [0, 0.1) is 5.92 Å². The van der Waals surface area contributed by atoms with E-state index >= 15 is 0 Å². The van der Waals surface area contributed by atoms with Crippen LogP contribution < -0.4 is 0 Å². The van der Waals surface area contributed by atoms with Crippen LogP contribution >= 0.6 is 0 Å². The minimum absolute atomic E-state index is 0.259. The second-order valence-electron chi connectivity index (χ2n) is 7.69. The van der Waals surface area contributed by atoms with Crippen molar-refractivity contribution in [1.29, 1.82) is 0 Å². The molecule has 0 saturated carbocycles. The van der Waals surface area contributed by atoms with Crippen LogP contribution in [0.3, 0.4) is 0 Å². The molecule has 1 fully saturated rings. The summed E-state index contributed by atoms with van der Waals surface area (Å²) >= 11 is 0. The number of ether oxygens (including phenoxy) is 2. The Hall–Kier alpha value is -0.323. The summed E-state index contributed by atoms with van der Waals surface area (Å²) in [5.74, 6) is 1.54. The molecule has 128 valence electrons. The first-order valence-electron chi connectivity index (χ1n) is 9.08. The first-order valence-corrected chi connectivity index (χ1v) is 12.5. The van der Waals surface area contributed by atoms with Crippen molar-refractivity contribution in [3.63, 3.8) is 0 Å². The van der Waals surface area contributed by atoms with Gasteiger partial charge in [0.1, 0.15) is 0 Å². The number of hydrogen-bond donors (Lipinski definition) is 0. The lowest BCUT2D eigenvalue weighted by Gasteiger charge is -2.31. The highest BCUT2D eigenvalue weighted by Crippen LogP contribution is 2.36. The van der Waals surface area contributed by atoms with E-state index in [1.54, 1.807) is 0 Å². The minimum Gasteiger partial charge on any atom is -0.547 e. The molecule has 4 heteroatoms. The molecule has 2 atom stereocenters. The van der Waals surface area contributed by atoms with E-state index in [2.05, 4.69) is 39.6 Å². The van der Waals surface area contributed by atoms with Crippen molar-refractivity contribution in [2.24, 2.45) is 5.92 Å². The molecular weight excluding hydrogens is 292 g/mol. The summed E-state index contributed by atoms with van der Waals surface area (Å²) in [6.07, 6.45) is 10.4. The molecule has 3 nitrogen and oxygen atoms in total. The lowest BCUT2D eigenvalue weighted by Crippen LogP contribution is -2.30. The van der Waals surface area contributed by atoms with Gasteiger partial charge in [-0.05, 0) is 70.7 Å². The van der Waals surface area contributed by atoms with Gasteiger partial charge in [0, 0.05) is 5.92 Å². The van der Waals surface area contributed by atoms with Gasteiger partial charge >= 0.3 is 0 Å². The molecule has 2 rings (SSSR count). The predicted octanol–water partition coefficient (Wildman–Crippen LogP) is 5.23. The maximum absolute atomic E-state index is 6.32. The molecule has 0 aromatic rings. The van der Waals surface area contributed by atoms with Crippen molar-refractivity contribution in [2.45, 2.75) is 90.3 Å². The van der Waals surface area contributed by atoms with Crippen molar-refractivity contribution in [1.82, 2.24) is 0 Å². The molecule has 2 aliphatic rings. The Labute approximate surface area is 137 Å². The van der Waals surface area contributed by atoms with E-state index in [-0.39, 0.29) is 11.9 Å². The Morgan fingerprint density at radius 3 is 2.55 bits per heavy atom. The van der Waals surface area contributed by atoms with Crippen LogP contribution in [0.5, 0.6) is 0 Å². The summed E-state index contributed by atoms with van der Waals surface area (Å²) in [5.41, 5.74) is 0. The van der Waals surface area contributed by atoms with E-state index in [4.69, 9.17) is 13.9 Å². The van der Waals surface area contributed by atoms with Crippen LogP contribution in [0.2, 0.25) is 19.6 Å². The van der Waals surface area contributed by atoms with Gasteiger partial charge in [-0.2, -0.15) is 0 Å². The first-order chi connectivity index (χ1) is 10.4. The molecule has 1 saturated heterocycles. The number of hydrogen-bond acceptors (Lipinski definition) is 3. The summed E-state index contributed by atoms with van der Waals surface area (Å²) in [4.78, 5) is 0. The maximum Gasteiger partial charge on any atom is 0.241 e. The quantitative estimate of drug-likeness (QED) is 0.599. The molecule has 1 unspecified atom stereocenters. The minimum atomic E-state index is -1.51. The highest BCUT2D eigenvalue weighted by Gasteiger charge is 2.38. The zero-order valence-corrected chi connectivity index (χ0v) is 16.1. The first kappa shape index (κ1) is 18.0. The van der Waals surface area contributed by atoms with Gasteiger partial charge in [0.2, 0.25) is 8.32 Å². The average molecular weight is 327 g/mol. The molecule has 0 spiro atoms. The van der Waals surface area contributed by atoms with E-state index in [1.807, 2.05) is 0 Å². The predicted molar refractivity (Wildman–Crippen MR) is 93.2 cm³/mol. The van der Waals surface area contributed by atoms with E-state index in [0.717, 1.165) is 32.3 Å². The van der Waals surface area contributed by atoms with E-state index < -0.39 is 8.32 Å². The fourth-order valence-electron chi connectivity index (χ4n) is 3.45. The van der Waals surface area contributed by atoms with Crippen molar-refractivity contribution in [3.05, 3.63) is 11.8 Å². The Bertz CT molecular complexity index is 382. The highest BCUT2D eigenvalue weighted by atomic mass is 28.4. The molecule has 0 bridgehead atoms. The van der Waals surface area contributed by atoms with E-state index in [9.17, 15) is 0 Å². The molecule has 1 aliphatic heterocycles. The Morgan fingerprint density at radius 2 is 1.95 bits per heavy atom. The van der Waals surface area contributed by atoms with Crippen LogP contribution in [0.1, 0.15) is 58.8 Å². The van der Waals surface area contributed by atoms with Crippen LogP contribution in [0.4, 0.5) is 0 Å². The molecule has 22 heavy (non-hydrogen) atoms. The third-order valence-electron chi connectivity index (χ3n) is 4.76. The molecule has 0 N–H and O–H groups in total. The topological polar surface area (TPSA) is 27.7 Å². The van der Waals surface area contributed by atoms with Crippen LogP contribution in [0.25, 0.3) is 0 Å². The Morgan fingerprint density at radius 1 is 1.23 bits per heavy atom. The summed E-state index contributed by atoms with van der Waals surface area (Å²) in [5, 5.41) is 0. The third-order valence-corrected chi connectivity index (χ3v) is 5.60. The van der Waals surface area contributed by atoms with Gasteiger partial charge in [0.15, 0.2) is 5.79 Å². The third kappa shape index (κ3) is 4.84. The SMILES string of the molecule is CCC1(CC)OC[C@H](CCC2CCCC=C2O[Si](C)(C)C)O1. The largest absolute Gasteiger partial charge is 0.547 e. The fourth-order valence-corrected chi connectivity index (χ4v) is 4.41. The molecule has 1 aliphatic carbocycles. The van der Waals surface area contributed by atoms with Gasteiger partial charge in [-0.25, -0.2) is 0 Å². The Kier molecular flexibility index (Phi) is 6.14. The number of allylic oxidation sites excluding steroid dienone is 2. The molecule has 0 radical (unpaired) electrons. The molecule has 0 aromatic heterocycles. The van der Waals surface area contributed by atoms with Crippen LogP contribution in [-0.4, -0.2) is 26.8 Å². The maximum atomic E-state index is 6.32. The molecule has 0 amide bonds. The van der Waals surface area contributed by atoms with Crippen molar-refractivity contribution in [3.8, 4) is 0 Å². The van der Waals surface area contributed by atoms with Crippen LogP contribution in [0.15, 0.2) is 11.8 Å². The zero-order valence-electron chi connectivity index (χ0n) is 15.1. The summed E-state index contributed by atoms with van der Waals surface area (Å²) < 4.78 is 18.5. The van der Waals surface area contributed by atoms with Gasteiger partial charge in [0.25, 0.3) is 0 Å². The average Bonchev–Trinajstić information content (AvgIpc) is 2.89. The molecule has 0 aromatic carbocycles. The summed E-state index contributed by atoms with van der Waals surface area (Å²) in [6.45, 7) is 11.9. The highest BCUT2D eigenvalue weighted by molar-refractivity contribution is 6.70. The Balaban J connectivity index is 1.85. The standard InChI is InChI=1S/C18H34O3Si/c1-6-18(7-2)19-14-16(20-18)13-12-15-10-8-9-11-17(15)21-22(3,4)5/h11,15-16H,6-10,12-14H2,1-5H3/t15?,16-/m0/s1. The monoisotopic (exact) mass is 326 g/mol. The van der Waals surface area contributed by atoms with Crippen molar-refractivity contribution >= 4 is 8.32 Å².